The van der Waals surface area contributed by atoms with Crippen LogP contribution in [0.4, 0.5) is 0 Å². The van der Waals surface area contributed by atoms with Crippen molar-refractivity contribution in [1.82, 2.24) is 10.2 Å². The molecule has 1 N–H and O–H groups in total. The Kier molecular flexibility index (Phi) is 5.48. The fourth-order valence-electron chi connectivity index (χ4n) is 2.40. The van der Waals surface area contributed by atoms with Crippen LogP contribution in [0.15, 0.2) is 18.2 Å². The summed E-state index contributed by atoms with van der Waals surface area (Å²) in [6, 6.07) is 5.91. The molecule has 1 aliphatic rings. The monoisotopic (exact) mass is 302 g/mol. The highest BCUT2D eigenvalue weighted by atomic mass is 35.5. The summed E-state index contributed by atoms with van der Waals surface area (Å²) < 4.78 is 5.86. The van der Waals surface area contributed by atoms with Gasteiger partial charge in [0.2, 0.25) is 0 Å². The predicted octanol–water partition coefficient (Wildman–Crippen LogP) is 2.45. The minimum atomic E-state index is 0.190. The Morgan fingerprint density at radius 1 is 1.47 bits per heavy atom. The van der Waals surface area contributed by atoms with Crippen molar-refractivity contribution in [1.29, 1.82) is 0 Å². The van der Waals surface area contributed by atoms with Crippen molar-refractivity contribution in [3.05, 3.63) is 33.8 Å². The zero-order valence-electron chi connectivity index (χ0n) is 11.3. The standard InChI is InChI=1S/C14H20Cl2N2O/c1-17-13(14-9-18(2)5-6-19-14)7-10-3-4-11(15)8-12(10)16/h3-4,8,13-14,17H,5-7,9H2,1-2H3. The Bertz CT molecular complexity index is 428. The third-order valence-electron chi connectivity index (χ3n) is 3.57. The zero-order chi connectivity index (χ0) is 13.8. The summed E-state index contributed by atoms with van der Waals surface area (Å²) >= 11 is 12.2. The van der Waals surface area contributed by atoms with Crippen LogP contribution in [-0.4, -0.2) is 50.8 Å². The fourth-order valence-corrected chi connectivity index (χ4v) is 2.88. The fraction of sp³-hybridized carbons (Fsp3) is 0.571. The molecule has 1 saturated heterocycles. The number of likely N-dealkylation sites (N-methyl/N-ethyl adjacent to an activating group) is 2. The molecule has 0 bridgehead atoms. The van der Waals surface area contributed by atoms with E-state index < -0.39 is 0 Å². The minimum absolute atomic E-state index is 0.190. The van der Waals surface area contributed by atoms with Crippen molar-refractivity contribution in [3.63, 3.8) is 0 Å². The highest BCUT2D eigenvalue weighted by Gasteiger charge is 2.26. The summed E-state index contributed by atoms with van der Waals surface area (Å²) in [6.45, 7) is 2.72. The molecule has 0 radical (unpaired) electrons. The molecule has 5 heteroatoms. The minimum Gasteiger partial charge on any atom is -0.374 e. The van der Waals surface area contributed by atoms with E-state index in [9.17, 15) is 0 Å². The van der Waals surface area contributed by atoms with E-state index in [2.05, 4.69) is 17.3 Å². The van der Waals surface area contributed by atoms with E-state index in [1.807, 2.05) is 19.2 Å². The van der Waals surface area contributed by atoms with Gasteiger partial charge in [0.05, 0.1) is 12.7 Å². The lowest BCUT2D eigenvalue weighted by Gasteiger charge is -2.35. The predicted molar refractivity (Wildman–Crippen MR) is 80.3 cm³/mol. The SMILES string of the molecule is CNC(Cc1ccc(Cl)cc1Cl)C1CN(C)CCO1. The van der Waals surface area contributed by atoms with Crippen molar-refractivity contribution in [2.45, 2.75) is 18.6 Å². The Morgan fingerprint density at radius 3 is 2.89 bits per heavy atom. The van der Waals surface area contributed by atoms with Gasteiger partial charge >= 0.3 is 0 Å². The molecular formula is C14H20Cl2N2O. The second kappa shape index (κ2) is 6.91. The summed E-state index contributed by atoms with van der Waals surface area (Å²) in [4.78, 5) is 2.29. The molecule has 2 unspecified atom stereocenters. The van der Waals surface area contributed by atoms with Crippen molar-refractivity contribution in [2.75, 3.05) is 33.8 Å². The molecular weight excluding hydrogens is 283 g/mol. The molecule has 0 amide bonds. The number of nitrogens with zero attached hydrogens (tertiary/aromatic N) is 1. The number of halogens is 2. The number of benzene rings is 1. The van der Waals surface area contributed by atoms with Crippen LogP contribution in [0.3, 0.4) is 0 Å². The Balaban J connectivity index is 2.05. The van der Waals surface area contributed by atoms with Crippen LogP contribution in [-0.2, 0) is 11.2 Å². The molecule has 2 atom stereocenters. The summed E-state index contributed by atoms with van der Waals surface area (Å²) in [7, 11) is 4.09. The molecule has 3 nitrogen and oxygen atoms in total. The van der Waals surface area contributed by atoms with Gasteiger partial charge in [-0.05, 0) is 38.2 Å². The van der Waals surface area contributed by atoms with Gasteiger partial charge in [-0.3, -0.25) is 0 Å². The van der Waals surface area contributed by atoms with E-state index in [1.54, 1.807) is 6.07 Å². The van der Waals surface area contributed by atoms with Crippen molar-refractivity contribution < 1.29 is 4.74 Å². The molecule has 1 aromatic rings. The van der Waals surface area contributed by atoms with E-state index in [1.165, 1.54) is 0 Å². The molecule has 0 spiro atoms. The van der Waals surface area contributed by atoms with Crippen molar-refractivity contribution in [3.8, 4) is 0 Å². The van der Waals surface area contributed by atoms with Crippen LogP contribution in [0.5, 0.6) is 0 Å². The topological polar surface area (TPSA) is 24.5 Å². The second-order valence-corrected chi connectivity index (χ2v) is 5.85. The first-order chi connectivity index (χ1) is 9.10. The molecule has 1 fully saturated rings. The normalized spacial score (nSPS) is 22.4. The Hall–Kier alpha value is -0.320. The van der Waals surface area contributed by atoms with Crippen molar-refractivity contribution >= 4 is 23.2 Å². The summed E-state index contributed by atoms with van der Waals surface area (Å²) in [5.41, 5.74) is 1.10. The summed E-state index contributed by atoms with van der Waals surface area (Å²) in [6.07, 6.45) is 1.03. The van der Waals surface area contributed by atoms with E-state index in [-0.39, 0.29) is 12.1 Å². The van der Waals surface area contributed by atoms with Crippen LogP contribution in [0.2, 0.25) is 10.0 Å². The van der Waals surface area contributed by atoms with Gasteiger partial charge in [0.1, 0.15) is 0 Å². The molecule has 1 aliphatic heterocycles. The van der Waals surface area contributed by atoms with E-state index in [0.717, 1.165) is 36.7 Å². The molecule has 1 heterocycles. The highest BCUT2D eigenvalue weighted by molar-refractivity contribution is 6.35. The number of nitrogens with one attached hydrogen (secondary N) is 1. The van der Waals surface area contributed by atoms with Gasteiger partial charge in [-0.15, -0.1) is 0 Å². The van der Waals surface area contributed by atoms with Crippen LogP contribution in [0.25, 0.3) is 0 Å². The molecule has 2 rings (SSSR count). The van der Waals surface area contributed by atoms with E-state index in [0.29, 0.717) is 5.02 Å². The zero-order valence-corrected chi connectivity index (χ0v) is 12.8. The molecule has 0 saturated carbocycles. The highest BCUT2D eigenvalue weighted by Crippen LogP contribution is 2.23. The van der Waals surface area contributed by atoms with Crippen molar-refractivity contribution in [2.24, 2.45) is 0 Å². The third-order valence-corrected chi connectivity index (χ3v) is 4.16. The maximum absolute atomic E-state index is 6.23. The maximum Gasteiger partial charge on any atom is 0.0858 e. The third kappa shape index (κ3) is 4.07. The average Bonchev–Trinajstić information content (AvgIpc) is 2.38. The molecule has 19 heavy (non-hydrogen) atoms. The number of morpholine rings is 1. The van der Waals surface area contributed by atoms with E-state index in [4.69, 9.17) is 27.9 Å². The first kappa shape index (κ1) is 15.1. The van der Waals surface area contributed by atoms with Gasteiger partial charge in [0, 0.05) is 29.2 Å². The number of hydrogen-bond acceptors (Lipinski definition) is 3. The smallest absolute Gasteiger partial charge is 0.0858 e. The number of ether oxygens (including phenoxy) is 1. The average molecular weight is 303 g/mol. The second-order valence-electron chi connectivity index (χ2n) is 5.01. The van der Waals surface area contributed by atoms with Crippen LogP contribution in [0, 0.1) is 0 Å². The molecule has 0 aromatic heterocycles. The lowest BCUT2D eigenvalue weighted by Crippen LogP contribution is -2.51. The number of hydrogen-bond donors (Lipinski definition) is 1. The van der Waals surface area contributed by atoms with Crippen LogP contribution >= 0.6 is 23.2 Å². The molecule has 0 aliphatic carbocycles. The van der Waals surface area contributed by atoms with Gasteiger partial charge < -0.3 is 15.0 Å². The number of rotatable bonds is 4. The quantitative estimate of drug-likeness (QED) is 0.925. The lowest BCUT2D eigenvalue weighted by molar-refractivity contribution is -0.0372. The van der Waals surface area contributed by atoms with Gasteiger partial charge in [0.15, 0.2) is 0 Å². The Labute approximate surface area is 124 Å². The first-order valence-corrected chi connectivity index (χ1v) is 7.27. The maximum atomic E-state index is 6.23. The summed E-state index contributed by atoms with van der Waals surface area (Å²) in [5.74, 6) is 0. The van der Waals surface area contributed by atoms with Gasteiger partial charge in [0.25, 0.3) is 0 Å². The van der Waals surface area contributed by atoms with E-state index >= 15 is 0 Å². The van der Waals surface area contributed by atoms with Gasteiger partial charge in [-0.2, -0.15) is 0 Å². The molecule has 1 aromatic carbocycles. The van der Waals surface area contributed by atoms with Gasteiger partial charge in [-0.1, -0.05) is 29.3 Å². The first-order valence-electron chi connectivity index (χ1n) is 6.51. The van der Waals surface area contributed by atoms with Gasteiger partial charge in [-0.25, -0.2) is 0 Å². The largest absolute Gasteiger partial charge is 0.374 e. The van der Waals surface area contributed by atoms with Crippen LogP contribution in [0.1, 0.15) is 5.56 Å². The van der Waals surface area contributed by atoms with Crippen LogP contribution < -0.4 is 5.32 Å². The molecule has 106 valence electrons. The summed E-state index contributed by atoms with van der Waals surface area (Å²) in [5, 5.41) is 4.73. The Morgan fingerprint density at radius 2 is 2.26 bits per heavy atom. The lowest BCUT2D eigenvalue weighted by atomic mass is 10.00.